The van der Waals surface area contributed by atoms with Crippen LogP contribution in [-0.4, -0.2) is 66.3 Å². The van der Waals surface area contributed by atoms with Crippen LogP contribution < -0.4 is 5.32 Å². The lowest BCUT2D eigenvalue weighted by Gasteiger charge is -2.28. The Kier molecular flexibility index (Phi) is 4.62. The van der Waals surface area contributed by atoms with Crippen LogP contribution in [0.4, 0.5) is 4.79 Å². The molecular formula is C18H33N3O2. The highest BCUT2D eigenvalue weighted by molar-refractivity contribution is 5.68. The molecule has 3 aliphatic rings. The molecule has 2 saturated heterocycles. The summed E-state index contributed by atoms with van der Waals surface area (Å²) < 4.78 is 5.50. The number of nitrogens with one attached hydrogen (secondary N) is 1. The second kappa shape index (κ2) is 6.25. The molecule has 0 bridgehead atoms. The fourth-order valence-electron chi connectivity index (χ4n) is 3.77. The largest absolute Gasteiger partial charge is 0.444 e. The number of ether oxygens (including phenoxy) is 1. The number of carbonyl (C=O) groups is 1. The highest BCUT2D eigenvalue weighted by Crippen LogP contribution is 2.32. The third kappa shape index (κ3) is 4.60. The highest BCUT2D eigenvalue weighted by atomic mass is 16.6. The summed E-state index contributed by atoms with van der Waals surface area (Å²) in [6.07, 6.45) is 4.95. The lowest BCUT2D eigenvalue weighted by atomic mass is 9.89. The van der Waals surface area contributed by atoms with Crippen LogP contribution >= 0.6 is 0 Å². The quantitative estimate of drug-likeness (QED) is 0.863. The molecule has 2 aliphatic heterocycles. The van der Waals surface area contributed by atoms with Gasteiger partial charge in [0.2, 0.25) is 0 Å². The molecule has 3 rings (SSSR count). The average Bonchev–Trinajstić information content (AvgIpc) is 3.05. The van der Waals surface area contributed by atoms with Gasteiger partial charge >= 0.3 is 6.09 Å². The molecule has 0 radical (unpaired) electrons. The van der Waals surface area contributed by atoms with Crippen molar-refractivity contribution in [3.63, 3.8) is 0 Å². The van der Waals surface area contributed by atoms with Gasteiger partial charge in [0, 0.05) is 44.8 Å². The first-order chi connectivity index (χ1) is 10.7. The number of likely N-dealkylation sites (tertiary alicyclic amines) is 2. The Bertz CT molecular complexity index is 444. The molecule has 1 saturated carbocycles. The first-order valence-corrected chi connectivity index (χ1v) is 9.19. The van der Waals surface area contributed by atoms with Gasteiger partial charge in [0.05, 0.1) is 0 Å². The lowest BCUT2D eigenvalue weighted by molar-refractivity contribution is 0.0275. The molecule has 3 fully saturated rings. The van der Waals surface area contributed by atoms with Crippen molar-refractivity contribution in [2.75, 3.05) is 32.7 Å². The number of carbonyl (C=O) groups excluding carboxylic acids is 1. The smallest absolute Gasteiger partial charge is 0.410 e. The zero-order valence-electron chi connectivity index (χ0n) is 15.2. The minimum Gasteiger partial charge on any atom is -0.444 e. The minimum atomic E-state index is -0.412. The molecule has 0 aromatic carbocycles. The van der Waals surface area contributed by atoms with E-state index in [4.69, 9.17) is 4.74 Å². The van der Waals surface area contributed by atoms with Crippen LogP contribution in [0.5, 0.6) is 0 Å². The summed E-state index contributed by atoms with van der Waals surface area (Å²) >= 11 is 0. The normalized spacial score (nSPS) is 32.5. The maximum atomic E-state index is 12.2. The standard InChI is InChI=1S/C18H33N3O2/c1-17(2,3)23-16(22)21-10-8-18(4,13-21)12-19-14-7-9-20(11-14)15-5-6-15/h14-15,19H,5-13H2,1-4H3. The van der Waals surface area contributed by atoms with Crippen molar-refractivity contribution in [3.05, 3.63) is 0 Å². The predicted octanol–water partition coefficient (Wildman–Crippen LogP) is 2.46. The van der Waals surface area contributed by atoms with Crippen molar-refractivity contribution in [1.29, 1.82) is 0 Å². The second-order valence-electron chi connectivity index (χ2n) is 9.06. The molecule has 132 valence electrons. The van der Waals surface area contributed by atoms with E-state index < -0.39 is 5.60 Å². The minimum absolute atomic E-state index is 0.165. The van der Waals surface area contributed by atoms with E-state index in [0.29, 0.717) is 6.04 Å². The van der Waals surface area contributed by atoms with E-state index in [1.807, 2.05) is 25.7 Å². The Hall–Kier alpha value is -0.810. The summed E-state index contributed by atoms with van der Waals surface area (Å²) in [6, 6.07) is 1.51. The molecule has 1 amide bonds. The van der Waals surface area contributed by atoms with Gasteiger partial charge in [0.15, 0.2) is 0 Å². The Morgan fingerprint density at radius 2 is 2.00 bits per heavy atom. The summed E-state index contributed by atoms with van der Waals surface area (Å²) in [5.41, 5.74) is -0.242. The predicted molar refractivity (Wildman–Crippen MR) is 91.5 cm³/mol. The van der Waals surface area contributed by atoms with Crippen LogP contribution in [0.15, 0.2) is 0 Å². The van der Waals surface area contributed by atoms with Crippen molar-refractivity contribution in [2.24, 2.45) is 5.41 Å². The van der Waals surface area contributed by atoms with Gasteiger partial charge in [0.1, 0.15) is 5.60 Å². The van der Waals surface area contributed by atoms with Gasteiger partial charge in [-0.25, -0.2) is 4.79 Å². The Morgan fingerprint density at radius 3 is 2.65 bits per heavy atom. The van der Waals surface area contributed by atoms with Gasteiger partial charge in [-0.3, -0.25) is 4.90 Å². The number of rotatable bonds is 4. The summed E-state index contributed by atoms with van der Waals surface area (Å²) in [4.78, 5) is 16.7. The van der Waals surface area contributed by atoms with Crippen molar-refractivity contribution < 1.29 is 9.53 Å². The van der Waals surface area contributed by atoms with E-state index in [2.05, 4.69) is 17.1 Å². The number of nitrogens with zero attached hydrogens (tertiary/aromatic N) is 2. The van der Waals surface area contributed by atoms with Gasteiger partial charge in [0.25, 0.3) is 0 Å². The van der Waals surface area contributed by atoms with Crippen LogP contribution in [0, 0.1) is 5.41 Å². The van der Waals surface area contributed by atoms with Crippen molar-refractivity contribution in [3.8, 4) is 0 Å². The van der Waals surface area contributed by atoms with Crippen molar-refractivity contribution >= 4 is 6.09 Å². The number of hydrogen-bond donors (Lipinski definition) is 1. The van der Waals surface area contributed by atoms with Crippen LogP contribution in [0.25, 0.3) is 0 Å². The van der Waals surface area contributed by atoms with E-state index in [0.717, 1.165) is 32.1 Å². The van der Waals surface area contributed by atoms with Gasteiger partial charge < -0.3 is 15.0 Å². The maximum absolute atomic E-state index is 12.2. The van der Waals surface area contributed by atoms with Crippen molar-refractivity contribution in [1.82, 2.24) is 15.1 Å². The topological polar surface area (TPSA) is 44.8 Å². The van der Waals surface area contributed by atoms with Gasteiger partial charge in [-0.05, 0) is 51.9 Å². The molecule has 1 N–H and O–H groups in total. The average molecular weight is 323 g/mol. The fraction of sp³-hybridized carbons (Fsp3) is 0.944. The first-order valence-electron chi connectivity index (χ1n) is 9.19. The molecule has 1 aliphatic carbocycles. The van der Waals surface area contributed by atoms with Crippen LogP contribution in [0.1, 0.15) is 53.4 Å². The third-order valence-corrected chi connectivity index (χ3v) is 5.31. The molecule has 5 nitrogen and oxygen atoms in total. The fourth-order valence-corrected chi connectivity index (χ4v) is 3.77. The maximum Gasteiger partial charge on any atom is 0.410 e. The first kappa shape index (κ1) is 17.0. The third-order valence-electron chi connectivity index (χ3n) is 5.31. The van der Waals surface area contributed by atoms with Crippen LogP contribution in [0.3, 0.4) is 0 Å². The summed E-state index contributed by atoms with van der Waals surface area (Å²) in [7, 11) is 0. The number of hydrogen-bond acceptors (Lipinski definition) is 4. The molecule has 0 aromatic heterocycles. The van der Waals surface area contributed by atoms with Crippen molar-refractivity contribution in [2.45, 2.75) is 71.1 Å². The van der Waals surface area contributed by atoms with E-state index in [1.54, 1.807) is 0 Å². The Morgan fingerprint density at radius 1 is 1.26 bits per heavy atom. The van der Waals surface area contributed by atoms with E-state index in [-0.39, 0.29) is 11.5 Å². The number of amides is 1. The summed E-state index contributed by atoms with van der Waals surface area (Å²) in [5.74, 6) is 0. The monoisotopic (exact) mass is 323 g/mol. The van der Waals surface area contributed by atoms with Crippen LogP contribution in [0.2, 0.25) is 0 Å². The highest BCUT2D eigenvalue weighted by Gasteiger charge is 2.39. The molecule has 0 aromatic rings. The molecule has 2 heterocycles. The molecule has 23 heavy (non-hydrogen) atoms. The van der Waals surface area contributed by atoms with Gasteiger partial charge in [-0.15, -0.1) is 0 Å². The molecule has 0 spiro atoms. The van der Waals surface area contributed by atoms with E-state index >= 15 is 0 Å². The summed E-state index contributed by atoms with van der Waals surface area (Å²) in [5, 5.41) is 3.76. The van der Waals surface area contributed by atoms with Crippen LogP contribution in [-0.2, 0) is 4.74 Å². The zero-order chi connectivity index (χ0) is 16.7. The molecule has 2 unspecified atom stereocenters. The SMILES string of the molecule is CC1(CNC2CCN(C3CC3)C2)CCN(C(=O)OC(C)(C)C)C1. The molecule has 5 heteroatoms. The van der Waals surface area contributed by atoms with Gasteiger partial charge in [-0.2, -0.15) is 0 Å². The molecular weight excluding hydrogens is 290 g/mol. The van der Waals surface area contributed by atoms with E-state index in [9.17, 15) is 4.79 Å². The van der Waals surface area contributed by atoms with Gasteiger partial charge in [-0.1, -0.05) is 6.92 Å². The lowest BCUT2D eigenvalue weighted by Crippen LogP contribution is -2.42. The summed E-state index contributed by atoms with van der Waals surface area (Å²) in [6.45, 7) is 13.1. The second-order valence-corrected chi connectivity index (χ2v) is 9.06. The van der Waals surface area contributed by atoms with E-state index in [1.165, 1.54) is 32.4 Å². The zero-order valence-corrected chi connectivity index (χ0v) is 15.2. The Labute approximate surface area is 140 Å². The molecule has 2 atom stereocenters. The Balaban J connectivity index is 1.42.